The Balaban J connectivity index is 2.21. The van der Waals surface area contributed by atoms with Crippen LogP contribution in [0.3, 0.4) is 0 Å². The predicted octanol–water partition coefficient (Wildman–Crippen LogP) is 4.35. The molecule has 0 unspecified atom stereocenters. The minimum atomic E-state index is 0.119. The van der Waals surface area contributed by atoms with Gasteiger partial charge in [-0.3, -0.25) is 4.79 Å². The van der Waals surface area contributed by atoms with Crippen molar-refractivity contribution in [1.29, 1.82) is 0 Å². The number of hydrogen-bond acceptors (Lipinski definition) is 2. The first-order valence-electron chi connectivity index (χ1n) is 5.83. The Hall–Kier alpha value is -1.03. The third kappa shape index (κ3) is 2.16. The topological polar surface area (TPSA) is 34.9 Å². The Labute approximate surface area is 125 Å². The lowest BCUT2D eigenvalue weighted by Gasteiger charge is -2.15. The second kappa shape index (κ2) is 4.82. The van der Waals surface area contributed by atoms with Crippen molar-refractivity contribution in [3.63, 3.8) is 0 Å². The molecule has 6 heteroatoms. The van der Waals surface area contributed by atoms with Gasteiger partial charge in [-0.2, -0.15) is 5.10 Å². The molecule has 0 spiro atoms. The van der Waals surface area contributed by atoms with Gasteiger partial charge in [-0.1, -0.05) is 34.8 Å². The van der Waals surface area contributed by atoms with Crippen LogP contribution in [0, 0.1) is 0 Å². The Kier molecular flexibility index (Phi) is 3.29. The van der Waals surface area contributed by atoms with Crippen molar-refractivity contribution in [2.75, 3.05) is 0 Å². The molecule has 1 aliphatic rings. The number of aromatic nitrogens is 2. The number of hydrogen-bond donors (Lipinski definition) is 0. The summed E-state index contributed by atoms with van der Waals surface area (Å²) >= 11 is 18.3. The Morgan fingerprint density at radius 2 is 1.79 bits per heavy atom. The van der Waals surface area contributed by atoms with E-state index in [9.17, 15) is 4.79 Å². The minimum absolute atomic E-state index is 0.119. The average Bonchev–Trinajstić information content (AvgIpc) is 2.73. The molecule has 1 aromatic heterocycles. The standard InChI is InChI=1S/C13H9Cl3N2O/c14-7-4-9(15)13(10(16)5-7)18-11-2-1-3-12(19)8(11)6-17-18/h4-6H,1-3H2. The van der Waals surface area contributed by atoms with Gasteiger partial charge in [0.2, 0.25) is 0 Å². The van der Waals surface area contributed by atoms with E-state index in [1.165, 1.54) is 0 Å². The molecule has 98 valence electrons. The lowest BCUT2D eigenvalue weighted by molar-refractivity contribution is 0.0972. The largest absolute Gasteiger partial charge is 0.294 e. The molecular formula is C13H9Cl3N2O. The second-order valence-corrected chi connectivity index (χ2v) is 5.66. The highest BCUT2D eigenvalue weighted by Gasteiger charge is 2.24. The number of carbonyl (C=O) groups excluding carboxylic acids is 1. The van der Waals surface area contributed by atoms with Gasteiger partial charge in [0, 0.05) is 11.4 Å². The molecule has 0 bridgehead atoms. The number of Topliss-reactive ketones (excluding diaryl/α,β-unsaturated/α-hetero) is 1. The normalized spacial score (nSPS) is 14.6. The molecule has 0 atom stereocenters. The number of nitrogens with zero attached hydrogens (tertiary/aromatic N) is 2. The zero-order chi connectivity index (χ0) is 13.6. The maximum Gasteiger partial charge on any atom is 0.166 e. The van der Waals surface area contributed by atoms with Crippen LogP contribution in [0.4, 0.5) is 0 Å². The van der Waals surface area contributed by atoms with Crippen LogP contribution >= 0.6 is 34.8 Å². The molecule has 0 saturated heterocycles. The third-order valence-corrected chi connectivity index (χ3v) is 3.97. The highest BCUT2D eigenvalue weighted by Crippen LogP contribution is 2.34. The number of ketones is 1. The van der Waals surface area contributed by atoms with E-state index in [4.69, 9.17) is 34.8 Å². The minimum Gasteiger partial charge on any atom is -0.294 e. The number of fused-ring (bicyclic) bond motifs is 1. The van der Waals surface area contributed by atoms with E-state index >= 15 is 0 Å². The highest BCUT2D eigenvalue weighted by atomic mass is 35.5. The molecule has 1 heterocycles. The van der Waals surface area contributed by atoms with Crippen LogP contribution in [-0.2, 0) is 6.42 Å². The molecule has 1 aromatic carbocycles. The highest BCUT2D eigenvalue weighted by molar-refractivity contribution is 6.40. The van der Waals surface area contributed by atoms with Gasteiger partial charge in [-0.15, -0.1) is 0 Å². The van der Waals surface area contributed by atoms with Crippen molar-refractivity contribution in [3.05, 3.63) is 44.7 Å². The number of benzene rings is 1. The van der Waals surface area contributed by atoms with Crippen LogP contribution < -0.4 is 0 Å². The average molecular weight is 316 g/mol. The second-order valence-electron chi connectivity index (χ2n) is 4.41. The van der Waals surface area contributed by atoms with E-state index in [0.29, 0.717) is 32.7 Å². The maximum atomic E-state index is 11.8. The van der Waals surface area contributed by atoms with E-state index in [2.05, 4.69) is 5.10 Å². The van der Waals surface area contributed by atoms with Crippen LogP contribution in [0.1, 0.15) is 28.9 Å². The lowest BCUT2D eigenvalue weighted by atomic mass is 9.97. The maximum absolute atomic E-state index is 11.8. The van der Waals surface area contributed by atoms with Gasteiger partial charge in [0.25, 0.3) is 0 Å². The summed E-state index contributed by atoms with van der Waals surface area (Å²) in [5, 5.41) is 5.56. The molecule has 19 heavy (non-hydrogen) atoms. The zero-order valence-corrected chi connectivity index (χ0v) is 12.1. The fourth-order valence-corrected chi connectivity index (χ4v) is 3.31. The quantitative estimate of drug-likeness (QED) is 0.784. The van der Waals surface area contributed by atoms with Gasteiger partial charge in [-0.25, -0.2) is 4.68 Å². The molecule has 0 N–H and O–H groups in total. The van der Waals surface area contributed by atoms with Gasteiger partial charge in [0.05, 0.1) is 27.5 Å². The first kappa shape index (κ1) is 13.0. The molecule has 0 aliphatic heterocycles. The summed E-state index contributed by atoms with van der Waals surface area (Å²) in [4.78, 5) is 11.8. The Bertz CT molecular complexity index is 656. The lowest BCUT2D eigenvalue weighted by Crippen LogP contribution is -2.13. The molecule has 3 rings (SSSR count). The molecule has 3 nitrogen and oxygen atoms in total. The van der Waals surface area contributed by atoms with Crippen LogP contribution in [-0.4, -0.2) is 15.6 Å². The Morgan fingerprint density at radius 1 is 1.11 bits per heavy atom. The number of rotatable bonds is 1. The van der Waals surface area contributed by atoms with Crippen molar-refractivity contribution in [1.82, 2.24) is 9.78 Å². The van der Waals surface area contributed by atoms with Gasteiger partial charge < -0.3 is 0 Å². The van der Waals surface area contributed by atoms with Crippen LogP contribution in [0.5, 0.6) is 0 Å². The van der Waals surface area contributed by atoms with E-state index in [-0.39, 0.29) is 5.78 Å². The third-order valence-electron chi connectivity index (χ3n) is 3.18. The summed E-state index contributed by atoms with van der Waals surface area (Å²) in [5.74, 6) is 0.119. The van der Waals surface area contributed by atoms with Crippen molar-refractivity contribution in [2.45, 2.75) is 19.3 Å². The first-order valence-corrected chi connectivity index (χ1v) is 6.96. The SMILES string of the molecule is O=C1CCCc2c1cnn2-c1c(Cl)cc(Cl)cc1Cl. The van der Waals surface area contributed by atoms with Gasteiger partial charge in [-0.05, 0) is 25.0 Å². The molecule has 0 saturated carbocycles. The number of carbonyl (C=O) groups is 1. The van der Waals surface area contributed by atoms with Crippen LogP contribution in [0.15, 0.2) is 18.3 Å². The van der Waals surface area contributed by atoms with Crippen molar-refractivity contribution >= 4 is 40.6 Å². The summed E-state index contributed by atoms with van der Waals surface area (Å²) in [7, 11) is 0. The van der Waals surface area contributed by atoms with Crippen molar-refractivity contribution < 1.29 is 4.79 Å². The Morgan fingerprint density at radius 3 is 2.47 bits per heavy atom. The molecule has 2 aromatic rings. The summed E-state index contributed by atoms with van der Waals surface area (Å²) in [5.41, 5.74) is 2.10. The summed E-state index contributed by atoms with van der Waals surface area (Å²) in [6.45, 7) is 0. The molecule has 1 aliphatic carbocycles. The number of halogens is 3. The molecule has 0 radical (unpaired) electrons. The van der Waals surface area contributed by atoms with Crippen molar-refractivity contribution in [2.24, 2.45) is 0 Å². The summed E-state index contributed by atoms with van der Waals surface area (Å²) in [6, 6.07) is 3.23. The predicted molar refractivity (Wildman–Crippen MR) is 75.9 cm³/mol. The van der Waals surface area contributed by atoms with E-state index in [0.717, 1.165) is 18.5 Å². The smallest absolute Gasteiger partial charge is 0.166 e. The van der Waals surface area contributed by atoms with E-state index in [1.54, 1.807) is 23.0 Å². The first-order chi connectivity index (χ1) is 9.08. The molecular weight excluding hydrogens is 307 g/mol. The molecule has 0 amide bonds. The monoisotopic (exact) mass is 314 g/mol. The van der Waals surface area contributed by atoms with E-state index in [1.807, 2.05) is 0 Å². The summed E-state index contributed by atoms with van der Waals surface area (Å²) in [6.07, 6.45) is 3.76. The molecule has 0 fully saturated rings. The fraction of sp³-hybridized carbons (Fsp3) is 0.231. The van der Waals surface area contributed by atoms with E-state index < -0.39 is 0 Å². The summed E-state index contributed by atoms with van der Waals surface area (Å²) < 4.78 is 1.65. The van der Waals surface area contributed by atoms with Crippen LogP contribution in [0.2, 0.25) is 15.1 Å². The van der Waals surface area contributed by atoms with Gasteiger partial charge >= 0.3 is 0 Å². The van der Waals surface area contributed by atoms with Gasteiger partial charge in [0.15, 0.2) is 5.78 Å². The van der Waals surface area contributed by atoms with Crippen molar-refractivity contribution in [3.8, 4) is 5.69 Å². The van der Waals surface area contributed by atoms with Gasteiger partial charge in [0.1, 0.15) is 5.69 Å². The fourth-order valence-electron chi connectivity index (χ4n) is 2.33. The van der Waals surface area contributed by atoms with Crippen LogP contribution in [0.25, 0.3) is 5.69 Å². The zero-order valence-electron chi connectivity index (χ0n) is 9.79.